The molecule has 3 bridgehead atoms. The number of rotatable bonds is 6. The van der Waals surface area contributed by atoms with Gasteiger partial charge in [0.2, 0.25) is 0 Å². The minimum absolute atomic E-state index is 0.109. The van der Waals surface area contributed by atoms with Crippen molar-refractivity contribution in [2.24, 2.45) is 17.3 Å². The molecule has 0 aliphatic heterocycles. The van der Waals surface area contributed by atoms with Gasteiger partial charge in [-0.15, -0.1) is 0 Å². The number of carbonyl (C=O) groups excluding carboxylic acids is 2. The normalized spacial score (nSPS) is 35.8. The summed E-state index contributed by atoms with van der Waals surface area (Å²) < 4.78 is 44.4. The molecule has 4 aliphatic rings. The van der Waals surface area contributed by atoms with Gasteiger partial charge in [-0.1, -0.05) is 0 Å². The van der Waals surface area contributed by atoms with Crippen LogP contribution in [0.3, 0.4) is 0 Å². The van der Waals surface area contributed by atoms with Gasteiger partial charge in [0.1, 0.15) is 6.10 Å². The molecule has 4 aliphatic carbocycles. The monoisotopic (exact) mass is 522 g/mol. The zero-order valence-electron chi connectivity index (χ0n) is 20.2. The third-order valence-corrected chi connectivity index (χ3v) is 9.67. The number of ether oxygens (including phenoxy) is 2. The Hall–Kier alpha value is -2.01. The molecule has 4 saturated carbocycles. The van der Waals surface area contributed by atoms with E-state index in [1.807, 2.05) is 0 Å². The number of aliphatic hydroxyl groups is 2. The van der Waals surface area contributed by atoms with Crippen molar-refractivity contribution in [2.45, 2.75) is 93.3 Å². The van der Waals surface area contributed by atoms with Crippen LogP contribution in [0.5, 0.6) is 0 Å². The Labute approximate surface area is 210 Å². The van der Waals surface area contributed by atoms with E-state index in [1.165, 1.54) is 6.07 Å². The van der Waals surface area contributed by atoms with Crippen molar-refractivity contribution < 1.29 is 42.2 Å². The highest BCUT2D eigenvalue weighted by molar-refractivity contribution is 7.85. The largest absolute Gasteiger partial charge is 0.462 e. The van der Waals surface area contributed by atoms with E-state index in [4.69, 9.17) is 9.47 Å². The predicted octanol–water partition coefficient (Wildman–Crippen LogP) is 3.27. The Morgan fingerprint density at radius 2 is 1.58 bits per heavy atom. The molecule has 1 aromatic rings. The predicted molar refractivity (Wildman–Crippen MR) is 127 cm³/mol. The van der Waals surface area contributed by atoms with Gasteiger partial charge in [0, 0.05) is 5.41 Å². The van der Waals surface area contributed by atoms with Crippen LogP contribution in [0.1, 0.15) is 91.3 Å². The van der Waals surface area contributed by atoms with E-state index < -0.39 is 44.8 Å². The van der Waals surface area contributed by atoms with Crippen LogP contribution in [0.15, 0.2) is 23.1 Å². The van der Waals surface area contributed by atoms with E-state index in [0.717, 1.165) is 50.7 Å². The summed E-state index contributed by atoms with van der Waals surface area (Å²) >= 11 is 0. The van der Waals surface area contributed by atoms with Gasteiger partial charge in [-0.3, -0.25) is 4.55 Å². The lowest BCUT2D eigenvalue weighted by Crippen LogP contribution is -2.54. The third kappa shape index (κ3) is 5.32. The van der Waals surface area contributed by atoms with Crippen molar-refractivity contribution in [1.29, 1.82) is 0 Å². The highest BCUT2D eigenvalue weighted by atomic mass is 32.2. The molecule has 10 heteroatoms. The molecule has 3 N–H and O–H groups in total. The summed E-state index contributed by atoms with van der Waals surface area (Å²) in [5.74, 6) is -0.568. The smallest absolute Gasteiger partial charge is 0.338 e. The van der Waals surface area contributed by atoms with Crippen LogP contribution in [0, 0.1) is 17.3 Å². The number of esters is 2. The summed E-state index contributed by atoms with van der Waals surface area (Å²) in [6.07, 6.45) is 7.11. The average molecular weight is 523 g/mol. The van der Waals surface area contributed by atoms with Crippen LogP contribution in [-0.4, -0.2) is 59.5 Å². The summed E-state index contributed by atoms with van der Waals surface area (Å²) in [6, 6.07) is 3.18. The Kier molecular flexibility index (Phi) is 6.68. The van der Waals surface area contributed by atoms with Crippen molar-refractivity contribution in [3.63, 3.8) is 0 Å². The second-order valence-electron chi connectivity index (χ2n) is 11.5. The number of carbonyl (C=O) groups is 2. The molecule has 4 fully saturated rings. The maximum atomic E-state index is 13.0. The number of benzene rings is 1. The zero-order chi connectivity index (χ0) is 25.7. The first kappa shape index (κ1) is 25.6. The fourth-order valence-electron chi connectivity index (χ4n) is 7.08. The second-order valence-corrected chi connectivity index (χ2v) is 13.0. The molecule has 0 heterocycles. The highest BCUT2D eigenvalue weighted by Crippen LogP contribution is 2.59. The standard InChI is InChI=1S/C26H34O9S/c27-20-1-3-21(4-2-20)35-24(29)18-9-17(10-22(11-18)36(31,32)33)23(28)34-15-25-7-5-16-6-8-26(30,14-25)13-19(16)12-25/h9-11,16,19-21,27,30H,1-8,12-15H2,(H,31,32,33). The molecular formula is C26H34O9S. The molecule has 0 spiro atoms. The lowest BCUT2D eigenvalue weighted by atomic mass is 9.50. The Bertz CT molecular complexity index is 1140. The fraction of sp³-hybridized carbons (Fsp3) is 0.692. The first-order valence-corrected chi connectivity index (χ1v) is 14.3. The van der Waals surface area contributed by atoms with E-state index in [-0.39, 0.29) is 23.1 Å². The molecule has 4 atom stereocenters. The summed E-state index contributed by atoms with van der Waals surface area (Å²) in [6.45, 7) is 0.109. The van der Waals surface area contributed by atoms with Crippen molar-refractivity contribution >= 4 is 22.1 Å². The minimum atomic E-state index is -4.70. The van der Waals surface area contributed by atoms with Gasteiger partial charge in [0.25, 0.3) is 10.1 Å². The minimum Gasteiger partial charge on any atom is -0.462 e. The molecule has 1 aromatic carbocycles. The van der Waals surface area contributed by atoms with Crippen LogP contribution < -0.4 is 0 Å². The summed E-state index contributed by atoms with van der Waals surface area (Å²) in [7, 11) is -4.70. The molecule has 0 radical (unpaired) electrons. The SMILES string of the molecule is O=C(OCC12CCC3CCC(O)(CC3C1)C2)c1cc(C(=O)OC2CCC(O)CC2)cc(S(=O)(=O)O)c1. The van der Waals surface area contributed by atoms with Gasteiger partial charge in [0.15, 0.2) is 0 Å². The first-order valence-electron chi connectivity index (χ1n) is 12.8. The summed E-state index contributed by atoms with van der Waals surface area (Å²) in [5.41, 5.74) is -1.37. The molecule has 9 nitrogen and oxygen atoms in total. The second kappa shape index (κ2) is 9.38. The van der Waals surface area contributed by atoms with E-state index >= 15 is 0 Å². The van der Waals surface area contributed by atoms with Gasteiger partial charge in [-0.05, 0) is 101 Å². The van der Waals surface area contributed by atoms with Crippen LogP contribution in [0.2, 0.25) is 0 Å². The molecule has 4 unspecified atom stereocenters. The van der Waals surface area contributed by atoms with E-state index in [0.29, 0.717) is 43.9 Å². The van der Waals surface area contributed by atoms with Crippen molar-refractivity contribution in [2.75, 3.05) is 6.61 Å². The summed E-state index contributed by atoms with van der Waals surface area (Å²) in [5, 5.41) is 20.7. The van der Waals surface area contributed by atoms with Crippen molar-refractivity contribution in [1.82, 2.24) is 0 Å². The molecule has 5 rings (SSSR count). The Morgan fingerprint density at radius 1 is 0.917 bits per heavy atom. The Balaban J connectivity index is 1.32. The average Bonchev–Trinajstić information content (AvgIpc) is 2.82. The quantitative estimate of drug-likeness (QED) is 0.378. The van der Waals surface area contributed by atoms with Crippen molar-refractivity contribution in [3.8, 4) is 0 Å². The highest BCUT2D eigenvalue weighted by Gasteiger charge is 2.55. The lowest BCUT2D eigenvalue weighted by molar-refractivity contribution is -0.155. The molecule has 36 heavy (non-hydrogen) atoms. The van der Waals surface area contributed by atoms with Crippen LogP contribution in [-0.2, 0) is 19.6 Å². The topological polar surface area (TPSA) is 147 Å². The van der Waals surface area contributed by atoms with Gasteiger partial charge in [-0.25, -0.2) is 9.59 Å². The number of aliphatic hydroxyl groups excluding tert-OH is 1. The molecule has 0 saturated heterocycles. The maximum absolute atomic E-state index is 13.0. The van der Waals surface area contributed by atoms with E-state index in [1.54, 1.807) is 0 Å². The fourth-order valence-corrected chi connectivity index (χ4v) is 7.64. The summed E-state index contributed by atoms with van der Waals surface area (Å²) in [4.78, 5) is 25.2. The van der Waals surface area contributed by atoms with Crippen LogP contribution in [0.25, 0.3) is 0 Å². The number of fused-ring (bicyclic) bond motifs is 2. The van der Waals surface area contributed by atoms with Gasteiger partial charge >= 0.3 is 11.9 Å². The Morgan fingerprint density at radius 3 is 2.28 bits per heavy atom. The first-order chi connectivity index (χ1) is 16.9. The van der Waals surface area contributed by atoms with Gasteiger partial charge in [-0.2, -0.15) is 8.42 Å². The van der Waals surface area contributed by atoms with Crippen molar-refractivity contribution in [3.05, 3.63) is 29.3 Å². The lowest BCUT2D eigenvalue weighted by Gasteiger charge is -2.57. The third-order valence-electron chi connectivity index (χ3n) is 8.84. The van der Waals surface area contributed by atoms with Gasteiger partial charge in [0.05, 0.1) is 34.3 Å². The van der Waals surface area contributed by atoms with E-state index in [9.17, 15) is 32.8 Å². The molecular weight excluding hydrogens is 488 g/mol. The molecule has 198 valence electrons. The van der Waals surface area contributed by atoms with E-state index in [2.05, 4.69) is 0 Å². The maximum Gasteiger partial charge on any atom is 0.338 e. The molecule has 0 amide bonds. The van der Waals surface area contributed by atoms with Crippen LogP contribution in [0.4, 0.5) is 0 Å². The number of hydrogen-bond acceptors (Lipinski definition) is 8. The van der Waals surface area contributed by atoms with Gasteiger partial charge < -0.3 is 19.7 Å². The zero-order valence-corrected chi connectivity index (χ0v) is 21.0. The van der Waals surface area contributed by atoms with Crippen LogP contribution >= 0.6 is 0 Å². The molecule has 0 aromatic heterocycles. The number of hydrogen-bond donors (Lipinski definition) is 3.